The highest BCUT2D eigenvalue weighted by Gasteiger charge is 2.12. The summed E-state index contributed by atoms with van der Waals surface area (Å²) >= 11 is 7.84. The van der Waals surface area contributed by atoms with E-state index in [-0.39, 0.29) is 0 Å². The fourth-order valence-electron chi connectivity index (χ4n) is 3.41. The first-order chi connectivity index (χ1) is 13.3. The van der Waals surface area contributed by atoms with Gasteiger partial charge in [0.1, 0.15) is 11.3 Å². The third-order valence-electron chi connectivity index (χ3n) is 4.73. The largest absolute Gasteiger partial charge is 0.327 e. The number of aryl methyl sites for hydroxylation is 2. The van der Waals surface area contributed by atoms with Gasteiger partial charge in [0.15, 0.2) is 0 Å². The van der Waals surface area contributed by atoms with Crippen LogP contribution in [0.4, 0.5) is 0 Å². The molecule has 0 radical (unpaired) electrons. The average Bonchev–Trinajstić information content (AvgIpc) is 3.07. The van der Waals surface area contributed by atoms with Crippen molar-refractivity contribution >= 4 is 45.3 Å². The summed E-state index contributed by atoms with van der Waals surface area (Å²) in [5.41, 5.74) is 3.26. The number of fused-ring (bicyclic) bond motifs is 3. The van der Waals surface area contributed by atoms with Crippen molar-refractivity contribution in [3.05, 3.63) is 65.6 Å². The number of benzene rings is 2. The van der Waals surface area contributed by atoms with Crippen LogP contribution in [-0.4, -0.2) is 20.3 Å². The highest BCUT2D eigenvalue weighted by atomic mass is 35.5. The van der Waals surface area contributed by atoms with E-state index in [4.69, 9.17) is 16.6 Å². The van der Waals surface area contributed by atoms with Crippen LogP contribution in [-0.2, 0) is 13.0 Å². The van der Waals surface area contributed by atoms with Crippen molar-refractivity contribution in [2.75, 3.05) is 5.75 Å². The standard InChI is InChI=1S/C22H22ClN3S/c1-2-21-25-20-15-24-19-8-4-3-7-18(19)22(20)26(21)13-5-6-14-27-17-11-9-16(23)10-12-17/h3-4,7-12,15H,2,5-6,13-14H2,1H3. The van der Waals surface area contributed by atoms with Gasteiger partial charge in [-0.1, -0.05) is 36.7 Å². The van der Waals surface area contributed by atoms with Gasteiger partial charge < -0.3 is 4.57 Å². The zero-order valence-electron chi connectivity index (χ0n) is 15.4. The van der Waals surface area contributed by atoms with Gasteiger partial charge in [0, 0.05) is 28.3 Å². The van der Waals surface area contributed by atoms with Crippen molar-refractivity contribution in [3.8, 4) is 0 Å². The molecule has 0 bridgehead atoms. The molecule has 4 aromatic rings. The predicted molar refractivity (Wildman–Crippen MR) is 116 cm³/mol. The normalized spacial score (nSPS) is 11.5. The van der Waals surface area contributed by atoms with E-state index in [9.17, 15) is 0 Å². The molecule has 0 aliphatic rings. The van der Waals surface area contributed by atoms with Gasteiger partial charge >= 0.3 is 0 Å². The number of unbranched alkanes of at least 4 members (excludes halogenated alkanes) is 1. The van der Waals surface area contributed by atoms with Crippen molar-refractivity contribution < 1.29 is 0 Å². The molecule has 3 nitrogen and oxygen atoms in total. The third-order valence-corrected chi connectivity index (χ3v) is 6.08. The first kappa shape index (κ1) is 18.3. The van der Waals surface area contributed by atoms with Gasteiger partial charge in [0.2, 0.25) is 0 Å². The molecule has 27 heavy (non-hydrogen) atoms. The van der Waals surface area contributed by atoms with Crippen LogP contribution < -0.4 is 0 Å². The first-order valence-corrected chi connectivity index (χ1v) is 10.7. The lowest BCUT2D eigenvalue weighted by atomic mass is 10.2. The molecule has 0 unspecified atom stereocenters. The number of imidazole rings is 1. The maximum atomic E-state index is 5.95. The smallest absolute Gasteiger partial charge is 0.109 e. The Morgan fingerprint density at radius 1 is 1.00 bits per heavy atom. The van der Waals surface area contributed by atoms with E-state index in [0.29, 0.717) is 0 Å². The second-order valence-corrected chi connectivity index (χ2v) is 8.16. The minimum atomic E-state index is 0.792. The van der Waals surface area contributed by atoms with Crippen molar-refractivity contribution in [1.29, 1.82) is 0 Å². The predicted octanol–water partition coefficient (Wildman–Crippen LogP) is 6.37. The summed E-state index contributed by atoms with van der Waals surface area (Å²) in [5, 5.41) is 1.98. The lowest BCUT2D eigenvalue weighted by molar-refractivity contribution is 0.623. The van der Waals surface area contributed by atoms with Gasteiger partial charge in [0.05, 0.1) is 17.2 Å². The Labute approximate surface area is 168 Å². The van der Waals surface area contributed by atoms with Crippen molar-refractivity contribution in [1.82, 2.24) is 14.5 Å². The van der Waals surface area contributed by atoms with Crippen LogP contribution in [0.1, 0.15) is 25.6 Å². The van der Waals surface area contributed by atoms with Gasteiger partial charge in [-0.2, -0.15) is 0 Å². The van der Waals surface area contributed by atoms with Gasteiger partial charge in [-0.3, -0.25) is 4.98 Å². The topological polar surface area (TPSA) is 30.7 Å². The molecule has 2 aromatic carbocycles. The van der Waals surface area contributed by atoms with Crippen LogP contribution in [0, 0.1) is 0 Å². The van der Waals surface area contributed by atoms with Crippen LogP contribution in [0.2, 0.25) is 5.02 Å². The van der Waals surface area contributed by atoms with Crippen LogP contribution in [0.5, 0.6) is 0 Å². The van der Waals surface area contributed by atoms with E-state index < -0.39 is 0 Å². The quantitative estimate of drug-likeness (QED) is 0.269. The number of pyridine rings is 1. The highest BCUT2D eigenvalue weighted by molar-refractivity contribution is 7.99. The summed E-state index contributed by atoms with van der Waals surface area (Å²) in [6.07, 6.45) is 5.14. The summed E-state index contributed by atoms with van der Waals surface area (Å²) in [6, 6.07) is 16.4. The lowest BCUT2D eigenvalue weighted by Crippen LogP contribution is -2.04. The number of hydrogen-bond acceptors (Lipinski definition) is 3. The molecular formula is C22H22ClN3S. The maximum Gasteiger partial charge on any atom is 0.109 e. The molecule has 0 atom stereocenters. The molecule has 2 aromatic heterocycles. The SMILES string of the molecule is CCc1nc2cnc3ccccc3c2n1CCCCSc1ccc(Cl)cc1. The molecule has 0 fully saturated rings. The van der Waals surface area contributed by atoms with Gasteiger partial charge in [0.25, 0.3) is 0 Å². The minimum absolute atomic E-state index is 0.792. The molecule has 0 amide bonds. The number of aromatic nitrogens is 3. The van der Waals surface area contributed by atoms with Gasteiger partial charge in [-0.25, -0.2) is 4.98 Å². The third kappa shape index (κ3) is 3.97. The Balaban J connectivity index is 1.48. The van der Waals surface area contributed by atoms with Gasteiger partial charge in [-0.05, 0) is 48.9 Å². The van der Waals surface area contributed by atoms with E-state index in [1.54, 1.807) is 0 Å². The molecule has 4 rings (SSSR count). The zero-order valence-corrected chi connectivity index (χ0v) is 16.9. The van der Waals surface area contributed by atoms with E-state index in [1.165, 1.54) is 22.2 Å². The fraction of sp³-hybridized carbons (Fsp3) is 0.273. The number of nitrogens with zero attached hydrogens (tertiary/aromatic N) is 3. The van der Waals surface area contributed by atoms with Crippen LogP contribution in [0.3, 0.4) is 0 Å². The lowest BCUT2D eigenvalue weighted by Gasteiger charge is -2.10. The average molecular weight is 396 g/mol. The molecule has 5 heteroatoms. The molecule has 0 saturated heterocycles. The van der Waals surface area contributed by atoms with Crippen molar-refractivity contribution in [2.24, 2.45) is 0 Å². The van der Waals surface area contributed by atoms with Crippen LogP contribution in [0.15, 0.2) is 59.6 Å². The number of halogens is 1. The molecular weight excluding hydrogens is 374 g/mol. The Kier molecular flexibility index (Phi) is 5.65. The molecule has 0 aliphatic carbocycles. The van der Waals surface area contributed by atoms with Gasteiger partial charge in [-0.15, -0.1) is 11.8 Å². The fourth-order valence-corrected chi connectivity index (χ4v) is 4.45. The summed E-state index contributed by atoms with van der Waals surface area (Å²) in [5.74, 6) is 2.26. The number of rotatable bonds is 7. The van der Waals surface area contributed by atoms with E-state index in [2.05, 4.69) is 46.8 Å². The number of hydrogen-bond donors (Lipinski definition) is 0. The van der Waals surface area contributed by atoms with Crippen molar-refractivity contribution in [3.63, 3.8) is 0 Å². The second kappa shape index (κ2) is 8.32. The van der Waals surface area contributed by atoms with Crippen LogP contribution >= 0.6 is 23.4 Å². The maximum absolute atomic E-state index is 5.95. The highest BCUT2D eigenvalue weighted by Crippen LogP contribution is 2.26. The first-order valence-electron chi connectivity index (χ1n) is 9.37. The summed E-state index contributed by atoms with van der Waals surface area (Å²) in [6.45, 7) is 3.17. The number of para-hydroxylation sites is 1. The summed E-state index contributed by atoms with van der Waals surface area (Å²) < 4.78 is 2.40. The van der Waals surface area contributed by atoms with Crippen LogP contribution in [0.25, 0.3) is 21.9 Å². The Hall–Kier alpha value is -2.04. The molecule has 0 N–H and O–H groups in total. The van der Waals surface area contributed by atoms with Crippen molar-refractivity contribution in [2.45, 2.75) is 37.6 Å². The van der Waals surface area contributed by atoms with E-state index in [1.807, 2.05) is 36.2 Å². The Morgan fingerprint density at radius 3 is 2.63 bits per heavy atom. The van der Waals surface area contributed by atoms with E-state index >= 15 is 0 Å². The Bertz CT molecular complexity index is 1060. The molecule has 0 aliphatic heterocycles. The molecule has 2 heterocycles. The number of thioether (sulfide) groups is 1. The molecule has 138 valence electrons. The monoisotopic (exact) mass is 395 g/mol. The minimum Gasteiger partial charge on any atom is -0.327 e. The second-order valence-electron chi connectivity index (χ2n) is 6.55. The van der Waals surface area contributed by atoms with E-state index in [0.717, 1.165) is 47.0 Å². The zero-order chi connectivity index (χ0) is 18.6. The molecule has 0 spiro atoms. The Morgan fingerprint density at radius 2 is 1.81 bits per heavy atom. The molecule has 0 saturated carbocycles. The summed E-state index contributed by atoms with van der Waals surface area (Å²) in [4.78, 5) is 10.7. The summed E-state index contributed by atoms with van der Waals surface area (Å²) in [7, 11) is 0.